The fraction of sp³-hybridized carbons (Fsp3) is 0.312. The number of rotatable bonds is 3. The predicted molar refractivity (Wildman–Crippen MR) is 76.2 cm³/mol. The van der Waals surface area contributed by atoms with Gasteiger partial charge in [0.25, 0.3) is 0 Å². The van der Waals surface area contributed by atoms with E-state index >= 15 is 0 Å². The molecule has 2 aromatic rings. The van der Waals surface area contributed by atoms with Crippen molar-refractivity contribution in [2.24, 2.45) is 0 Å². The van der Waals surface area contributed by atoms with Gasteiger partial charge >= 0.3 is 5.97 Å². The van der Waals surface area contributed by atoms with Gasteiger partial charge < -0.3 is 14.4 Å². The Bertz CT molecular complexity index is 647. The van der Waals surface area contributed by atoms with Crippen LogP contribution in [0.3, 0.4) is 0 Å². The Morgan fingerprint density at radius 1 is 1.35 bits per heavy atom. The molecule has 1 aliphatic heterocycles. The minimum Gasteiger partial charge on any atom is -0.475 e. The summed E-state index contributed by atoms with van der Waals surface area (Å²) in [6.07, 6.45) is 1.01. The van der Waals surface area contributed by atoms with Crippen LogP contribution in [0, 0.1) is 0 Å². The number of furan rings is 1. The SMILES string of the molecule is CC1Cc2ccccc2N1C(C)c1ccc(C(=O)O)o1. The third-order valence-corrected chi connectivity index (χ3v) is 3.93. The van der Waals surface area contributed by atoms with Gasteiger partial charge in [0, 0.05) is 11.7 Å². The van der Waals surface area contributed by atoms with E-state index < -0.39 is 5.97 Å². The maximum atomic E-state index is 10.9. The largest absolute Gasteiger partial charge is 0.475 e. The molecule has 1 aliphatic rings. The van der Waals surface area contributed by atoms with Crippen molar-refractivity contribution < 1.29 is 14.3 Å². The first kappa shape index (κ1) is 12.8. The topological polar surface area (TPSA) is 53.7 Å². The van der Waals surface area contributed by atoms with Gasteiger partial charge in [0.1, 0.15) is 5.76 Å². The Hall–Kier alpha value is -2.23. The highest BCUT2D eigenvalue weighted by Gasteiger charge is 2.31. The van der Waals surface area contributed by atoms with Gasteiger partial charge in [-0.25, -0.2) is 4.79 Å². The highest BCUT2D eigenvalue weighted by atomic mass is 16.4. The number of para-hydroxylation sites is 1. The molecule has 2 unspecified atom stereocenters. The molecule has 4 heteroatoms. The quantitative estimate of drug-likeness (QED) is 0.928. The van der Waals surface area contributed by atoms with Crippen molar-refractivity contribution in [1.82, 2.24) is 0 Å². The molecule has 4 nitrogen and oxygen atoms in total. The van der Waals surface area contributed by atoms with Gasteiger partial charge in [-0.15, -0.1) is 0 Å². The summed E-state index contributed by atoms with van der Waals surface area (Å²) in [5.74, 6) is -0.351. The van der Waals surface area contributed by atoms with Crippen LogP contribution in [-0.4, -0.2) is 17.1 Å². The van der Waals surface area contributed by atoms with Crippen molar-refractivity contribution >= 4 is 11.7 Å². The monoisotopic (exact) mass is 271 g/mol. The van der Waals surface area contributed by atoms with Crippen molar-refractivity contribution in [3.8, 4) is 0 Å². The molecule has 0 bridgehead atoms. The molecule has 20 heavy (non-hydrogen) atoms. The molecule has 1 N–H and O–H groups in total. The van der Waals surface area contributed by atoms with Crippen LogP contribution in [0.5, 0.6) is 0 Å². The van der Waals surface area contributed by atoms with Crippen molar-refractivity contribution in [2.75, 3.05) is 4.90 Å². The van der Waals surface area contributed by atoms with Crippen molar-refractivity contribution in [2.45, 2.75) is 32.4 Å². The second-order valence-corrected chi connectivity index (χ2v) is 5.27. The average molecular weight is 271 g/mol. The summed E-state index contributed by atoms with van der Waals surface area (Å²) in [5.41, 5.74) is 2.54. The molecule has 0 saturated heterocycles. The van der Waals surface area contributed by atoms with Crippen LogP contribution in [0.15, 0.2) is 40.8 Å². The van der Waals surface area contributed by atoms with E-state index in [2.05, 4.69) is 30.0 Å². The van der Waals surface area contributed by atoms with Gasteiger partial charge in [-0.3, -0.25) is 0 Å². The summed E-state index contributed by atoms with van der Waals surface area (Å²) in [4.78, 5) is 13.2. The Morgan fingerprint density at radius 3 is 2.80 bits per heavy atom. The number of carboxylic acids is 1. The molecule has 2 atom stereocenters. The van der Waals surface area contributed by atoms with Crippen LogP contribution in [-0.2, 0) is 6.42 Å². The summed E-state index contributed by atoms with van der Waals surface area (Å²) < 4.78 is 5.44. The van der Waals surface area contributed by atoms with E-state index in [1.165, 1.54) is 17.3 Å². The molecule has 0 spiro atoms. The molecule has 0 fully saturated rings. The maximum Gasteiger partial charge on any atom is 0.371 e. The number of aromatic carboxylic acids is 1. The van der Waals surface area contributed by atoms with Crippen LogP contribution in [0.2, 0.25) is 0 Å². The van der Waals surface area contributed by atoms with Gasteiger partial charge in [0.2, 0.25) is 5.76 Å². The number of benzene rings is 1. The summed E-state index contributed by atoms with van der Waals surface area (Å²) in [6.45, 7) is 4.22. The smallest absolute Gasteiger partial charge is 0.371 e. The number of carbonyl (C=O) groups is 1. The minimum atomic E-state index is -1.03. The Balaban J connectivity index is 1.93. The molecular formula is C16H17NO3. The van der Waals surface area contributed by atoms with Gasteiger partial charge in [0.15, 0.2) is 0 Å². The summed E-state index contributed by atoms with van der Waals surface area (Å²) in [7, 11) is 0. The first-order valence-corrected chi connectivity index (χ1v) is 6.77. The molecule has 104 valence electrons. The highest BCUT2D eigenvalue weighted by Crippen LogP contribution is 2.38. The first-order chi connectivity index (χ1) is 9.58. The standard InChI is InChI=1S/C16H17NO3/c1-10-9-12-5-3-4-6-13(12)17(10)11(2)14-7-8-15(20-14)16(18)19/h3-8,10-11H,9H2,1-2H3,(H,18,19). The molecule has 1 aromatic heterocycles. The molecule has 3 rings (SSSR count). The molecule has 2 heterocycles. The molecule has 0 radical (unpaired) electrons. The van der Waals surface area contributed by atoms with Crippen LogP contribution in [0.4, 0.5) is 5.69 Å². The number of fused-ring (bicyclic) bond motifs is 1. The number of nitrogens with zero attached hydrogens (tertiary/aromatic N) is 1. The van der Waals surface area contributed by atoms with E-state index in [0.717, 1.165) is 6.42 Å². The van der Waals surface area contributed by atoms with Crippen molar-refractivity contribution in [3.05, 3.63) is 53.5 Å². The first-order valence-electron chi connectivity index (χ1n) is 6.77. The second kappa shape index (κ2) is 4.71. The Morgan fingerprint density at radius 2 is 2.10 bits per heavy atom. The highest BCUT2D eigenvalue weighted by molar-refractivity contribution is 5.84. The number of anilines is 1. The number of hydrogen-bond acceptors (Lipinski definition) is 3. The van der Waals surface area contributed by atoms with E-state index in [1.807, 2.05) is 13.0 Å². The molecule has 0 amide bonds. The molecule has 0 aliphatic carbocycles. The van der Waals surface area contributed by atoms with Crippen LogP contribution in [0.1, 0.15) is 41.8 Å². The van der Waals surface area contributed by atoms with Gasteiger partial charge in [-0.05, 0) is 44.0 Å². The van der Waals surface area contributed by atoms with E-state index in [4.69, 9.17) is 9.52 Å². The fourth-order valence-electron chi connectivity index (χ4n) is 3.01. The lowest BCUT2D eigenvalue weighted by Crippen LogP contribution is -2.31. The predicted octanol–water partition coefficient (Wildman–Crippen LogP) is 3.49. The molecule has 0 saturated carbocycles. The van der Waals surface area contributed by atoms with Gasteiger partial charge in [0.05, 0.1) is 6.04 Å². The maximum absolute atomic E-state index is 10.9. The lowest BCUT2D eigenvalue weighted by molar-refractivity contribution is 0.0659. The van der Waals surface area contributed by atoms with Crippen LogP contribution >= 0.6 is 0 Å². The Kier molecular flexibility index (Phi) is 3.01. The van der Waals surface area contributed by atoms with Crippen molar-refractivity contribution in [3.63, 3.8) is 0 Å². The van der Waals surface area contributed by atoms with Crippen LogP contribution < -0.4 is 4.90 Å². The summed E-state index contributed by atoms with van der Waals surface area (Å²) >= 11 is 0. The minimum absolute atomic E-state index is 0.00742. The molecule has 1 aromatic carbocycles. The zero-order chi connectivity index (χ0) is 14.3. The normalized spacial score (nSPS) is 18.9. The third kappa shape index (κ3) is 1.97. The third-order valence-electron chi connectivity index (χ3n) is 3.93. The molecular weight excluding hydrogens is 254 g/mol. The number of hydrogen-bond donors (Lipinski definition) is 1. The zero-order valence-electron chi connectivity index (χ0n) is 11.5. The fourth-order valence-corrected chi connectivity index (χ4v) is 3.01. The van der Waals surface area contributed by atoms with E-state index in [1.54, 1.807) is 6.07 Å². The van der Waals surface area contributed by atoms with E-state index in [0.29, 0.717) is 11.8 Å². The van der Waals surface area contributed by atoms with Crippen molar-refractivity contribution in [1.29, 1.82) is 0 Å². The number of carboxylic acid groups (broad SMARTS) is 1. The van der Waals surface area contributed by atoms with Gasteiger partial charge in [-0.1, -0.05) is 18.2 Å². The summed E-state index contributed by atoms with van der Waals surface area (Å²) in [5, 5.41) is 8.95. The van der Waals surface area contributed by atoms with Crippen LogP contribution in [0.25, 0.3) is 0 Å². The van der Waals surface area contributed by atoms with Gasteiger partial charge in [-0.2, -0.15) is 0 Å². The van der Waals surface area contributed by atoms with E-state index in [-0.39, 0.29) is 11.8 Å². The van der Waals surface area contributed by atoms with E-state index in [9.17, 15) is 4.79 Å². The second-order valence-electron chi connectivity index (χ2n) is 5.27. The lowest BCUT2D eigenvalue weighted by Gasteiger charge is -2.30. The average Bonchev–Trinajstić information content (AvgIpc) is 3.01. The Labute approximate surface area is 117 Å². The lowest BCUT2D eigenvalue weighted by atomic mass is 10.1. The zero-order valence-corrected chi connectivity index (χ0v) is 11.5. The summed E-state index contributed by atoms with van der Waals surface area (Å²) in [6, 6.07) is 12.0.